The molecule has 0 radical (unpaired) electrons. The number of unbranched alkanes of at least 4 members (excludes halogenated alkanes) is 3. The second-order valence-corrected chi connectivity index (χ2v) is 4.42. The SMILES string of the molecule is C=CC(C)CCCCCC[SiH3]. The highest BCUT2D eigenvalue weighted by atomic mass is 28.1. The van der Waals surface area contributed by atoms with Crippen LogP contribution < -0.4 is 0 Å². The van der Waals surface area contributed by atoms with E-state index in [2.05, 4.69) is 19.6 Å². The summed E-state index contributed by atoms with van der Waals surface area (Å²) in [6, 6.07) is 1.48. The highest BCUT2D eigenvalue weighted by molar-refractivity contribution is 6.08. The van der Waals surface area contributed by atoms with Crippen LogP contribution in [0, 0.1) is 5.92 Å². The van der Waals surface area contributed by atoms with Crippen molar-refractivity contribution in [2.45, 2.75) is 45.1 Å². The van der Waals surface area contributed by atoms with Crippen LogP contribution in [0.5, 0.6) is 0 Å². The molecular weight excluding hydrogens is 148 g/mol. The second-order valence-electron chi connectivity index (χ2n) is 3.42. The minimum atomic E-state index is 0.728. The summed E-state index contributed by atoms with van der Waals surface area (Å²) in [5.74, 6) is 0.728. The van der Waals surface area contributed by atoms with Gasteiger partial charge in [-0.1, -0.05) is 44.7 Å². The number of allylic oxidation sites excluding steroid dienone is 1. The van der Waals surface area contributed by atoms with Gasteiger partial charge in [0.1, 0.15) is 0 Å². The van der Waals surface area contributed by atoms with Crippen LogP contribution in [0.4, 0.5) is 0 Å². The third-order valence-electron chi connectivity index (χ3n) is 2.17. The molecule has 0 bridgehead atoms. The van der Waals surface area contributed by atoms with E-state index in [1.54, 1.807) is 0 Å². The molecule has 0 rings (SSSR count). The standard InChI is InChI=1S/C10H22Si/c1-3-10(2)8-6-4-5-7-9-11/h3,10H,1,4-9H2,2,11H3. The molecular formula is C10H22Si. The summed E-state index contributed by atoms with van der Waals surface area (Å²) in [4.78, 5) is 0. The first-order valence-electron chi connectivity index (χ1n) is 4.93. The Hall–Kier alpha value is -0.0431. The van der Waals surface area contributed by atoms with Gasteiger partial charge in [0.2, 0.25) is 0 Å². The molecule has 0 heterocycles. The van der Waals surface area contributed by atoms with Crippen molar-refractivity contribution in [3.63, 3.8) is 0 Å². The van der Waals surface area contributed by atoms with Crippen molar-refractivity contribution in [2.24, 2.45) is 5.92 Å². The van der Waals surface area contributed by atoms with Gasteiger partial charge in [-0.05, 0) is 12.3 Å². The molecule has 0 aromatic rings. The molecule has 1 heteroatoms. The number of hydrogen-bond acceptors (Lipinski definition) is 0. The maximum Gasteiger partial charge on any atom is 0.00279 e. The Morgan fingerprint density at radius 1 is 1.27 bits per heavy atom. The third-order valence-corrected chi connectivity index (χ3v) is 2.87. The third kappa shape index (κ3) is 7.86. The van der Waals surface area contributed by atoms with E-state index in [9.17, 15) is 0 Å². The van der Waals surface area contributed by atoms with Crippen LogP contribution in [0.3, 0.4) is 0 Å². The monoisotopic (exact) mass is 170 g/mol. The van der Waals surface area contributed by atoms with Crippen LogP contribution in [0.25, 0.3) is 0 Å². The first kappa shape index (κ1) is 11.0. The van der Waals surface area contributed by atoms with E-state index < -0.39 is 0 Å². The van der Waals surface area contributed by atoms with Gasteiger partial charge in [0, 0.05) is 10.2 Å². The van der Waals surface area contributed by atoms with Crippen LogP contribution >= 0.6 is 0 Å². The molecule has 0 N–H and O–H groups in total. The minimum Gasteiger partial charge on any atom is -0.103 e. The van der Waals surface area contributed by atoms with Gasteiger partial charge in [0.05, 0.1) is 0 Å². The van der Waals surface area contributed by atoms with Crippen LogP contribution in [-0.4, -0.2) is 10.2 Å². The topological polar surface area (TPSA) is 0 Å². The van der Waals surface area contributed by atoms with Gasteiger partial charge in [0.25, 0.3) is 0 Å². The Labute approximate surface area is 74.5 Å². The predicted molar refractivity (Wildman–Crippen MR) is 57.2 cm³/mol. The molecule has 0 aromatic heterocycles. The maximum absolute atomic E-state index is 3.78. The lowest BCUT2D eigenvalue weighted by Gasteiger charge is -2.04. The van der Waals surface area contributed by atoms with Crippen LogP contribution in [0.2, 0.25) is 6.04 Å². The minimum absolute atomic E-state index is 0.728. The highest BCUT2D eigenvalue weighted by Crippen LogP contribution is 2.11. The van der Waals surface area contributed by atoms with E-state index in [4.69, 9.17) is 0 Å². The summed E-state index contributed by atoms with van der Waals surface area (Å²) in [6.45, 7) is 6.03. The highest BCUT2D eigenvalue weighted by Gasteiger charge is 1.94. The van der Waals surface area contributed by atoms with Gasteiger partial charge in [-0.2, -0.15) is 0 Å². The molecule has 1 atom stereocenters. The van der Waals surface area contributed by atoms with E-state index in [0.717, 1.165) is 5.92 Å². The second kappa shape index (κ2) is 8.06. The van der Waals surface area contributed by atoms with Crippen molar-refractivity contribution in [2.75, 3.05) is 0 Å². The zero-order valence-corrected chi connectivity index (χ0v) is 10.1. The lowest BCUT2D eigenvalue weighted by atomic mass is 10.0. The number of rotatable bonds is 7. The normalized spacial score (nSPS) is 13.2. The van der Waals surface area contributed by atoms with Crippen molar-refractivity contribution < 1.29 is 0 Å². The largest absolute Gasteiger partial charge is 0.103 e. The lowest BCUT2D eigenvalue weighted by molar-refractivity contribution is 0.562. The van der Waals surface area contributed by atoms with Crippen LogP contribution in [0.15, 0.2) is 12.7 Å². The summed E-state index contributed by atoms with van der Waals surface area (Å²) in [7, 11) is 1.39. The molecule has 0 amide bonds. The van der Waals surface area contributed by atoms with E-state index in [1.165, 1.54) is 48.4 Å². The molecule has 66 valence electrons. The average molecular weight is 170 g/mol. The van der Waals surface area contributed by atoms with Gasteiger partial charge >= 0.3 is 0 Å². The van der Waals surface area contributed by atoms with E-state index >= 15 is 0 Å². The quantitative estimate of drug-likeness (QED) is 0.313. The van der Waals surface area contributed by atoms with Crippen LogP contribution in [0.1, 0.15) is 39.0 Å². The first-order valence-corrected chi connectivity index (χ1v) is 6.35. The van der Waals surface area contributed by atoms with Crippen molar-refractivity contribution in [3.8, 4) is 0 Å². The lowest BCUT2D eigenvalue weighted by Crippen LogP contribution is -1.88. The fourth-order valence-corrected chi connectivity index (χ4v) is 1.69. The Morgan fingerprint density at radius 3 is 2.45 bits per heavy atom. The van der Waals surface area contributed by atoms with Gasteiger partial charge in [-0.25, -0.2) is 0 Å². The van der Waals surface area contributed by atoms with Gasteiger partial charge < -0.3 is 0 Å². The van der Waals surface area contributed by atoms with E-state index in [-0.39, 0.29) is 0 Å². The maximum atomic E-state index is 3.78. The molecule has 0 spiro atoms. The van der Waals surface area contributed by atoms with Crippen molar-refractivity contribution in [1.29, 1.82) is 0 Å². The fraction of sp³-hybridized carbons (Fsp3) is 0.800. The Bertz CT molecular complexity index is 88.9. The molecule has 0 aliphatic carbocycles. The molecule has 11 heavy (non-hydrogen) atoms. The predicted octanol–water partition coefficient (Wildman–Crippen LogP) is 2.54. The van der Waals surface area contributed by atoms with E-state index in [1.807, 2.05) is 0 Å². The Kier molecular flexibility index (Phi) is 8.03. The molecule has 1 unspecified atom stereocenters. The number of hydrogen-bond donors (Lipinski definition) is 0. The first-order chi connectivity index (χ1) is 5.31. The molecule has 0 saturated heterocycles. The molecule has 0 nitrogen and oxygen atoms in total. The summed E-state index contributed by atoms with van der Waals surface area (Å²) in [5, 5.41) is 0. The average Bonchev–Trinajstić information content (AvgIpc) is 2.04. The zero-order valence-electron chi connectivity index (χ0n) is 8.10. The molecule has 0 fully saturated rings. The smallest absolute Gasteiger partial charge is 0.00279 e. The Balaban J connectivity index is 2.95. The summed E-state index contributed by atoms with van der Waals surface area (Å²) < 4.78 is 0. The van der Waals surface area contributed by atoms with Crippen molar-refractivity contribution in [3.05, 3.63) is 12.7 Å². The molecule has 0 aliphatic heterocycles. The molecule has 0 aliphatic rings. The summed E-state index contributed by atoms with van der Waals surface area (Å²) in [5.41, 5.74) is 0. The fourth-order valence-electron chi connectivity index (χ4n) is 1.19. The Morgan fingerprint density at radius 2 is 1.91 bits per heavy atom. The molecule has 0 saturated carbocycles. The zero-order chi connectivity index (χ0) is 8.53. The van der Waals surface area contributed by atoms with Crippen LogP contribution in [-0.2, 0) is 0 Å². The summed E-state index contributed by atoms with van der Waals surface area (Å²) >= 11 is 0. The van der Waals surface area contributed by atoms with Gasteiger partial charge in [-0.3, -0.25) is 0 Å². The van der Waals surface area contributed by atoms with Crippen molar-refractivity contribution in [1.82, 2.24) is 0 Å². The molecule has 0 aromatic carbocycles. The van der Waals surface area contributed by atoms with Gasteiger partial charge in [0.15, 0.2) is 0 Å². The van der Waals surface area contributed by atoms with Gasteiger partial charge in [-0.15, -0.1) is 6.58 Å². The summed E-state index contributed by atoms with van der Waals surface area (Å²) in [6.07, 6.45) is 9.15. The van der Waals surface area contributed by atoms with E-state index in [0.29, 0.717) is 0 Å². The van der Waals surface area contributed by atoms with Crippen molar-refractivity contribution >= 4 is 10.2 Å².